The molecular weight excluding hydrogens is 400 g/mol. The molecule has 1 atom stereocenters. The molecule has 0 aliphatic carbocycles. The van der Waals surface area contributed by atoms with E-state index in [1.165, 1.54) is 0 Å². The summed E-state index contributed by atoms with van der Waals surface area (Å²) in [7, 11) is 3.12. The molecule has 1 N–H and O–H groups in total. The van der Waals surface area contributed by atoms with Crippen LogP contribution in [0.5, 0.6) is 11.5 Å². The molecule has 0 bridgehead atoms. The van der Waals surface area contributed by atoms with Crippen LogP contribution in [0.25, 0.3) is 0 Å². The Morgan fingerprint density at radius 2 is 1.90 bits per heavy atom. The molecule has 8 heteroatoms. The fourth-order valence-electron chi connectivity index (χ4n) is 4.43. The molecule has 0 aromatic heterocycles. The number of anilines is 1. The van der Waals surface area contributed by atoms with Crippen LogP contribution in [0.15, 0.2) is 18.2 Å². The predicted molar refractivity (Wildman–Crippen MR) is 117 cm³/mol. The summed E-state index contributed by atoms with van der Waals surface area (Å²) in [5, 5.41) is 2.91. The van der Waals surface area contributed by atoms with E-state index in [2.05, 4.69) is 5.32 Å². The lowest BCUT2D eigenvalue weighted by molar-refractivity contribution is -0.162. The summed E-state index contributed by atoms with van der Waals surface area (Å²) < 4.78 is 21.9. The highest BCUT2D eigenvalue weighted by atomic mass is 16.5. The van der Waals surface area contributed by atoms with Crippen LogP contribution in [0.4, 0.5) is 10.5 Å². The van der Waals surface area contributed by atoms with E-state index in [-0.39, 0.29) is 18.1 Å². The Balaban J connectivity index is 1.63. The Kier molecular flexibility index (Phi) is 8.01. The highest BCUT2D eigenvalue weighted by Crippen LogP contribution is 2.40. The summed E-state index contributed by atoms with van der Waals surface area (Å²) in [5.74, 6) is 0.986. The van der Waals surface area contributed by atoms with Crippen LogP contribution in [0.3, 0.4) is 0 Å². The number of urea groups is 1. The second-order valence-corrected chi connectivity index (χ2v) is 8.18. The van der Waals surface area contributed by atoms with Gasteiger partial charge in [-0.2, -0.15) is 0 Å². The monoisotopic (exact) mass is 434 g/mol. The van der Waals surface area contributed by atoms with Gasteiger partial charge in [-0.25, -0.2) is 4.79 Å². The normalized spacial score (nSPS) is 20.6. The van der Waals surface area contributed by atoms with Gasteiger partial charge in [0, 0.05) is 31.5 Å². The Morgan fingerprint density at radius 3 is 2.52 bits per heavy atom. The predicted octanol–water partition coefficient (Wildman–Crippen LogP) is 3.84. The van der Waals surface area contributed by atoms with Crippen LogP contribution in [-0.4, -0.2) is 63.5 Å². The highest BCUT2D eigenvalue weighted by Gasteiger charge is 2.45. The summed E-state index contributed by atoms with van der Waals surface area (Å²) in [6, 6.07) is 5.05. The SMILES string of the molecule is CCOC(=O)C1(CC2CCCCO2)CCN(C(=O)Nc2ccc(OC)c(OC)c2)CC1. The summed E-state index contributed by atoms with van der Waals surface area (Å²) in [6.07, 6.45) is 5.08. The molecule has 1 aromatic carbocycles. The average Bonchev–Trinajstić information content (AvgIpc) is 2.80. The first-order valence-electron chi connectivity index (χ1n) is 11.1. The number of esters is 1. The number of ether oxygens (including phenoxy) is 4. The third-order valence-electron chi connectivity index (χ3n) is 6.24. The quantitative estimate of drug-likeness (QED) is 0.656. The molecular formula is C23H34N2O6. The van der Waals surface area contributed by atoms with Gasteiger partial charge in [0.25, 0.3) is 0 Å². The van der Waals surface area contributed by atoms with E-state index in [9.17, 15) is 9.59 Å². The van der Waals surface area contributed by atoms with Gasteiger partial charge in [0.15, 0.2) is 11.5 Å². The van der Waals surface area contributed by atoms with Crippen molar-refractivity contribution in [2.45, 2.75) is 51.6 Å². The molecule has 31 heavy (non-hydrogen) atoms. The maximum Gasteiger partial charge on any atom is 0.321 e. The molecule has 3 rings (SSSR count). The van der Waals surface area contributed by atoms with Crippen molar-refractivity contribution in [1.82, 2.24) is 4.90 Å². The van der Waals surface area contributed by atoms with E-state index in [0.29, 0.717) is 56.1 Å². The van der Waals surface area contributed by atoms with E-state index >= 15 is 0 Å². The number of amides is 2. The molecule has 2 heterocycles. The zero-order valence-electron chi connectivity index (χ0n) is 18.8. The molecule has 0 saturated carbocycles. The number of piperidine rings is 1. The maximum atomic E-state index is 12.9. The number of methoxy groups -OCH3 is 2. The topological polar surface area (TPSA) is 86.3 Å². The third kappa shape index (κ3) is 5.61. The van der Waals surface area contributed by atoms with Crippen molar-refractivity contribution in [3.05, 3.63) is 18.2 Å². The van der Waals surface area contributed by atoms with E-state index in [1.807, 2.05) is 6.92 Å². The van der Waals surface area contributed by atoms with Gasteiger partial charge < -0.3 is 29.2 Å². The second-order valence-electron chi connectivity index (χ2n) is 8.18. The van der Waals surface area contributed by atoms with Crippen molar-refractivity contribution in [2.24, 2.45) is 5.41 Å². The molecule has 1 aromatic rings. The minimum Gasteiger partial charge on any atom is -0.493 e. The average molecular weight is 435 g/mol. The van der Waals surface area contributed by atoms with E-state index in [0.717, 1.165) is 25.9 Å². The summed E-state index contributed by atoms with van der Waals surface area (Å²) >= 11 is 0. The van der Waals surface area contributed by atoms with Gasteiger partial charge in [0.2, 0.25) is 0 Å². The molecule has 0 radical (unpaired) electrons. The second kappa shape index (κ2) is 10.7. The van der Waals surface area contributed by atoms with Crippen molar-refractivity contribution in [2.75, 3.05) is 45.8 Å². The van der Waals surface area contributed by atoms with Crippen molar-refractivity contribution < 1.29 is 28.5 Å². The van der Waals surface area contributed by atoms with E-state index < -0.39 is 5.41 Å². The molecule has 2 fully saturated rings. The summed E-state index contributed by atoms with van der Waals surface area (Å²) in [4.78, 5) is 27.4. The van der Waals surface area contributed by atoms with Crippen LogP contribution in [0.2, 0.25) is 0 Å². The van der Waals surface area contributed by atoms with Gasteiger partial charge >= 0.3 is 12.0 Å². The smallest absolute Gasteiger partial charge is 0.321 e. The van der Waals surface area contributed by atoms with Gasteiger partial charge in [-0.3, -0.25) is 4.79 Å². The highest BCUT2D eigenvalue weighted by molar-refractivity contribution is 5.90. The van der Waals surface area contributed by atoms with Crippen LogP contribution in [0.1, 0.15) is 45.4 Å². The van der Waals surface area contributed by atoms with Crippen LogP contribution in [0, 0.1) is 5.41 Å². The number of benzene rings is 1. The first kappa shape index (κ1) is 23.2. The van der Waals surface area contributed by atoms with Gasteiger partial charge in [0.05, 0.1) is 32.3 Å². The van der Waals surface area contributed by atoms with Crippen molar-refractivity contribution in [3.63, 3.8) is 0 Å². The van der Waals surface area contributed by atoms with E-state index in [1.54, 1.807) is 37.3 Å². The van der Waals surface area contributed by atoms with Crippen LogP contribution >= 0.6 is 0 Å². The molecule has 2 aliphatic heterocycles. The molecule has 2 saturated heterocycles. The van der Waals surface area contributed by atoms with Crippen molar-refractivity contribution in [3.8, 4) is 11.5 Å². The fourth-order valence-corrected chi connectivity index (χ4v) is 4.43. The Morgan fingerprint density at radius 1 is 1.16 bits per heavy atom. The number of likely N-dealkylation sites (tertiary alicyclic amines) is 1. The Hall–Kier alpha value is -2.48. The third-order valence-corrected chi connectivity index (χ3v) is 6.24. The maximum absolute atomic E-state index is 12.9. The first-order chi connectivity index (χ1) is 15.0. The number of carbonyl (C=O) groups excluding carboxylic acids is 2. The lowest BCUT2D eigenvalue weighted by Crippen LogP contribution is -2.49. The largest absolute Gasteiger partial charge is 0.493 e. The zero-order valence-corrected chi connectivity index (χ0v) is 18.8. The molecule has 2 aliphatic rings. The van der Waals surface area contributed by atoms with Crippen LogP contribution in [-0.2, 0) is 14.3 Å². The number of hydrogen-bond donors (Lipinski definition) is 1. The summed E-state index contributed by atoms with van der Waals surface area (Å²) in [6.45, 7) is 3.92. The minimum absolute atomic E-state index is 0.0882. The molecule has 2 amide bonds. The zero-order chi connectivity index (χ0) is 22.3. The summed E-state index contributed by atoms with van der Waals surface area (Å²) in [5.41, 5.74) is 0.0403. The van der Waals surface area contributed by atoms with Gasteiger partial charge in [-0.1, -0.05) is 0 Å². The minimum atomic E-state index is -0.585. The molecule has 8 nitrogen and oxygen atoms in total. The first-order valence-corrected chi connectivity index (χ1v) is 11.1. The lowest BCUT2D eigenvalue weighted by atomic mass is 9.73. The fraction of sp³-hybridized carbons (Fsp3) is 0.652. The standard InChI is InChI=1S/C23H34N2O6/c1-4-30-21(26)23(16-18-7-5-6-14-31-18)10-12-25(13-11-23)22(27)24-17-8-9-19(28-2)20(15-17)29-3/h8-9,15,18H,4-7,10-14,16H2,1-3H3,(H,24,27). The number of nitrogens with zero attached hydrogens (tertiary/aromatic N) is 1. The van der Waals surface area contributed by atoms with Crippen molar-refractivity contribution in [1.29, 1.82) is 0 Å². The van der Waals surface area contributed by atoms with Gasteiger partial charge in [0.1, 0.15) is 0 Å². The Bertz CT molecular complexity index is 754. The van der Waals surface area contributed by atoms with Crippen molar-refractivity contribution >= 4 is 17.7 Å². The van der Waals surface area contributed by atoms with E-state index in [4.69, 9.17) is 18.9 Å². The molecule has 1 unspecified atom stereocenters. The number of nitrogens with one attached hydrogen (secondary N) is 1. The number of rotatable bonds is 7. The molecule has 172 valence electrons. The number of hydrogen-bond acceptors (Lipinski definition) is 6. The Labute approximate surface area is 184 Å². The lowest BCUT2D eigenvalue weighted by Gasteiger charge is -2.42. The number of carbonyl (C=O) groups is 2. The van der Waals surface area contributed by atoms with Gasteiger partial charge in [-0.15, -0.1) is 0 Å². The van der Waals surface area contributed by atoms with Gasteiger partial charge in [-0.05, 0) is 57.6 Å². The molecule has 0 spiro atoms. The van der Waals surface area contributed by atoms with Crippen LogP contribution < -0.4 is 14.8 Å².